The molecule has 29 heavy (non-hydrogen) atoms. The zero-order valence-corrected chi connectivity index (χ0v) is 16.1. The molecule has 1 aromatic carbocycles. The van der Waals surface area contributed by atoms with Crippen LogP contribution < -0.4 is 5.73 Å². The van der Waals surface area contributed by atoms with Gasteiger partial charge in [-0.1, -0.05) is 24.3 Å². The molecule has 1 amide bonds. The fourth-order valence-corrected chi connectivity index (χ4v) is 4.15. The predicted octanol–water partition coefficient (Wildman–Crippen LogP) is 0.812. The number of ether oxygens (including phenoxy) is 1. The number of carbonyl (C=O) groups is 1. The molecule has 8 heteroatoms. The molecule has 2 aliphatic heterocycles. The highest BCUT2D eigenvalue weighted by atomic mass is 16.5. The van der Waals surface area contributed by atoms with Crippen LogP contribution in [-0.2, 0) is 11.3 Å². The molecule has 0 saturated carbocycles. The number of morpholine rings is 1. The van der Waals surface area contributed by atoms with E-state index in [4.69, 9.17) is 10.5 Å². The van der Waals surface area contributed by atoms with E-state index < -0.39 is 5.91 Å². The molecular weight excluding hydrogens is 368 g/mol. The van der Waals surface area contributed by atoms with Crippen molar-refractivity contribution in [2.75, 3.05) is 39.4 Å². The molecule has 2 aliphatic rings. The van der Waals surface area contributed by atoms with E-state index in [-0.39, 0.29) is 0 Å². The Morgan fingerprint density at radius 2 is 1.90 bits per heavy atom. The number of primary amides is 1. The van der Waals surface area contributed by atoms with Crippen molar-refractivity contribution < 1.29 is 9.53 Å². The van der Waals surface area contributed by atoms with Gasteiger partial charge in [0, 0.05) is 44.3 Å². The summed E-state index contributed by atoms with van der Waals surface area (Å²) in [5, 5.41) is 4.14. The highest BCUT2D eigenvalue weighted by Crippen LogP contribution is 2.24. The average molecular weight is 391 g/mol. The van der Waals surface area contributed by atoms with E-state index in [2.05, 4.69) is 50.5 Å². The first-order valence-corrected chi connectivity index (χ1v) is 9.88. The summed E-state index contributed by atoms with van der Waals surface area (Å²) in [4.78, 5) is 20.6. The summed E-state index contributed by atoms with van der Waals surface area (Å²) in [7, 11) is 0. The van der Waals surface area contributed by atoms with Crippen molar-refractivity contribution in [2.24, 2.45) is 5.73 Å². The van der Waals surface area contributed by atoms with Crippen molar-refractivity contribution in [3.63, 3.8) is 0 Å². The summed E-state index contributed by atoms with van der Waals surface area (Å²) < 4.78 is 7.05. The van der Waals surface area contributed by atoms with Crippen LogP contribution in [0.3, 0.4) is 0 Å². The minimum atomic E-state index is -0.525. The molecule has 0 unspecified atom stereocenters. The standard InChI is InChI=1S/C21H23N6O2/c22-20(28)18-5-6-19(27-21(18)23-14-24-27)16-3-1-15(2-4-16)11-25-12-17(13-25)26-7-9-29-10-8-26/h1-6,17H,7-13H2,(H2,22,28). The first-order valence-electron chi connectivity index (χ1n) is 9.88. The van der Waals surface area contributed by atoms with Gasteiger partial charge in [-0.3, -0.25) is 14.6 Å². The van der Waals surface area contributed by atoms with Crippen molar-refractivity contribution in [1.29, 1.82) is 0 Å². The molecule has 0 atom stereocenters. The Morgan fingerprint density at radius 1 is 1.14 bits per heavy atom. The lowest BCUT2D eigenvalue weighted by Gasteiger charge is -2.46. The van der Waals surface area contributed by atoms with Crippen LogP contribution in [0.4, 0.5) is 0 Å². The Hall–Kier alpha value is -2.81. The molecular formula is C21H23N6O2. The summed E-state index contributed by atoms with van der Waals surface area (Å²) in [5.41, 5.74) is 9.32. The van der Waals surface area contributed by atoms with Gasteiger partial charge in [-0.15, -0.1) is 5.10 Å². The van der Waals surface area contributed by atoms with Crippen molar-refractivity contribution >= 4 is 11.6 Å². The predicted molar refractivity (Wildman–Crippen MR) is 107 cm³/mol. The number of hydrogen-bond acceptors (Lipinski definition) is 6. The molecule has 5 rings (SSSR count). The van der Waals surface area contributed by atoms with Crippen molar-refractivity contribution in [1.82, 2.24) is 24.4 Å². The van der Waals surface area contributed by atoms with Crippen LogP contribution >= 0.6 is 0 Å². The molecule has 4 heterocycles. The lowest BCUT2D eigenvalue weighted by atomic mass is 10.0. The second-order valence-corrected chi connectivity index (χ2v) is 7.64. The number of nitrogens with zero attached hydrogens (tertiary/aromatic N) is 5. The molecule has 2 fully saturated rings. The summed E-state index contributed by atoms with van der Waals surface area (Å²) in [6, 6.07) is 12.6. The van der Waals surface area contributed by atoms with Gasteiger partial charge >= 0.3 is 0 Å². The molecule has 8 nitrogen and oxygen atoms in total. The average Bonchev–Trinajstić information content (AvgIpc) is 3.20. The van der Waals surface area contributed by atoms with Gasteiger partial charge in [0.25, 0.3) is 5.91 Å². The van der Waals surface area contributed by atoms with E-state index in [1.807, 2.05) is 6.07 Å². The van der Waals surface area contributed by atoms with Gasteiger partial charge < -0.3 is 10.5 Å². The molecule has 1 radical (unpaired) electrons. The van der Waals surface area contributed by atoms with Gasteiger partial charge in [0.15, 0.2) is 5.65 Å². The quantitative estimate of drug-likeness (QED) is 0.693. The second kappa shape index (κ2) is 7.55. The van der Waals surface area contributed by atoms with Crippen LogP contribution in [0, 0.1) is 6.33 Å². The third-order valence-electron chi connectivity index (χ3n) is 5.80. The zero-order valence-electron chi connectivity index (χ0n) is 16.1. The van der Waals surface area contributed by atoms with Gasteiger partial charge in [0.05, 0.1) is 24.5 Å². The van der Waals surface area contributed by atoms with E-state index in [0.717, 1.165) is 57.2 Å². The topological polar surface area (TPSA) is 89.0 Å². The molecule has 0 spiro atoms. The first kappa shape index (κ1) is 18.2. The number of fused-ring (bicyclic) bond motifs is 1. The van der Waals surface area contributed by atoms with Gasteiger partial charge in [0.2, 0.25) is 6.33 Å². The summed E-state index contributed by atoms with van der Waals surface area (Å²) >= 11 is 0. The smallest absolute Gasteiger partial charge is 0.252 e. The lowest BCUT2D eigenvalue weighted by molar-refractivity contribution is -0.0344. The number of benzene rings is 1. The molecule has 3 aromatic rings. The second-order valence-electron chi connectivity index (χ2n) is 7.64. The van der Waals surface area contributed by atoms with E-state index in [1.165, 1.54) is 5.56 Å². The molecule has 2 N–H and O–H groups in total. The Balaban J connectivity index is 1.27. The third kappa shape index (κ3) is 3.50. The number of pyridine rings is 1. The molecule has 149 valence electrons. The number of aromatic nitrogens is 3. The summed E-state index contributed by atoms with van der Waals surface area (Å²) in [5.74, 6) is -0.525. The van der Waals surface area contributed by atoms with Crippen LogP contribution in [0.2, 0.25) is 0 Å². The molecule has 0 bridgehead atoms. The maximum atomic E-state index is 11.6. The minimum absolute atomic E-state index is 0.340. The lowest BCUT2D eigenvalue weighted by Crippen LogP contribution is -2.60. The molecule has 0 aliphatic carbocycles. The Bertz CT molecular complexity index is 1020. The van der Waals surface area contributed by atoms with Gasteiger partial charge in [-0.05, 0) is 17.7 Å². The highest BCUT2D eigenvalue weighted by Gasteiger charge is 2.32. The van der Waals surface area contributed by atoms with Crippen LogP contribution in [-0.4, -0.2) is 75.7 Å². The van der Waals surface area contributed by atoms with E-state index in [0.29, 0.717) is 17.3 Å². The molecule has 2 aromatic heterocycles. The van der Waals surface area contributed by atoms with E-state index in [9.17, 15) is 4.79 Å². The van der Waals surface area contributed by atoms with Crippen molar-refractivity contribution in [2.45, 2.75) is 12.6 Å². The SMILES string of the molecule is NC(=O)c1ccc(-c2ccc(CN3CC(N4CCOCC4)C3)cc2)n2n[c]nc12. The van der Waals surface area contributed by atoms with Crippen LogP contribution in [0.5, 0.6) is 0 Å². The van der Waals surface area contributed by atoms with Crippen LogP contribution in [0.25, 0.3) is 16.9 Å². The summed E-state index contributed by atoms with van der Waals surface area (Å²) in [6.07, 6.45) is 2.56. The fourth-order valence-electron chi connectivity index (χ4n) is 4.15. The number of nitrogens with two attached hydrogens (primary N) is 1. The van der Waals surface area contributed by atoms with Crippen LogP contribution in [0.1, 0.15) is 15.9 Å². The normalized spacial score (nSPS) is 18.8. The van der Waals surface area contributed by atoms with E-state index in [1.54, 1.807) is 10.6 Å². The number of likely N-dealkylation sites (tertiary alicyclic amines) is 1. The largest absolute Gasteiger partial charge is 0.379 e. The number of rotatable bonds is 5. The van der Waals surface area contributed by atoms with E-state index >= 15 is 0 Å². The monoisotopic (exact) mass is 391 g/mol. The summed E-state index contributed by atoms with van der Waals surface area (Å²) in [6.45, 7) is 7.00. The fraction of sp³-hybridized carbons (Fsp3) is 0.381. The van der Waals surface area contributed by atoms with Crippen molar-refractivity contribution in [3.8, 4) is 11.3 Å². The first-order chi connectivity index (χ1) is 14.2. The Kier molecular flexibility index (Phi) is 4.75. The van der Waals surface area contributed by atoms with Crippen molar-refractivity contribution in [3.05, 3.63) is 53.9 Å². The number of hydrogen-bond donors (Lipinski definition) is 1. The maximum absolute atomic E-state index is 11.6. The molecule has 2 saturated heterocycles. The highest BCUT2D eigenvalue weighted by molar-refractivity contribution is 5.99. The number of carbonyl (C=O) groups excluding carboxylic acids is 1. The number of amides is 1. The minimum Gasteiger partial charge on any atom is -0.379 e. The maximum Gasteiger partial charge on any atom is 0.252 e. The van der Waals surface area contributed by atoms with Gasteiger partial charge in [0.1, 0.15) is 0 Å². The van der Waals surface area contributed by atoms with Crippen LogP contribution in [0.15, 0.2) is 36.4 Å². The van der Waals surface area contributed by atoms with Gasteiger partial charge in [-0.2, -0.15) is 0 Å². The Morgan fingerprint density at radius 3 is 2.62 bits per heavy atom. The third-order valence-corrected chi connectivity index (χ3v) is 5.80. The zero-order chi connectivity index (χ0) is 19.8. The Labute approximate surface area is 168 Å². The van der Waals surface area contributed by atoms with Gasteiger partial charge in [-0.25, -0.2) is 9.50 Å².